The molecule has 2 N–H and O–H groups in total. The van der Waals surface area contributed by atoms with Gasteiger partial charge in [0.05, 0.1) is 0 Å². The van der Waals surface area contributed by atoms with Gasteiger partial charge in [0.1, 0.15) is 0 Å². The lowest BCUT2D eigenvalue weighted by molar-refractivity contribution is 0.0973. The Hall–Kier alpha value is -0.860. The van der Waals surface area contributed by atoms with Gasteiger partial charge in [-0.3, -0.25) is 4.90 Å². The van der Waals surface area contributed by atoms with Crippen LogP contribution < -0.4 is 5.73 Å². The molecule has 1 aliphatic rings. The van der Waals surface area contributed by atoms with Gasteiger partial charge >= 0.3 is 0 Å². The molecule has 1 aromatic rings. The number of rotatable bonds is 3. The molecule has 0 spiro atoms. The molecule has 2 rings (SSSR count). The molecule has 1 heterocycles. The Morgan fingerprint density at radius 3 is 2.40 bits per heavy atom. The van der Waals surface area contributed by atoms with Gasteiger partial charge in [-0.25, -0.2) is 0 Å². The minimum Gasteiger partial charge on any atom is -0.330 e. The summed E-state index contributed by atoms with van der Waals surface area (Å²) in [6.45, 7) is 14.5. The number of nitrogens with zero attached hydrogens (tertiary/aromatic N) is 1. The van der Waals surface area contributed by atoms with Gasteiger partial charge in [0.15, 0.2) is 0 Å². The number of hydrogen-bond donors (Lipinski definition) is 1. The van der Waals surface area contributed by atoms with Crippen molar-refractivity contribution in [2.75, 3.05) is 19.6 Å². The molecule has 0 saturated carbocycles. The van der Waals surface area contributed by atoms with E-state index in [1.165, 1.54) is 35.2 Å². The lowest BCUT2D eigenvalue weighted by Gasteiger charge is -2.40. The smallest absolute Gasteiger partial charge is 0.0325 e. The molecular weight excluding hydrogens is 244 g/mol. The van der Waals surface area contributed by atoms with Gasteiger partial charge in [0.25, 0.3) is 0 Å². The van der Waals surface area contributed by atoms with E-state index in [1.807, 2.05) is 0 Å². The maximum absolute atomic E-state index is 5.95. The summed E-state index contributed by atoms with van der Waals surface area (Å²) in [5.74, 6) is 1.42. The van der Waals surface area contributed by atoms with Crippen LogP contribution in [0.2, 0.25) is 0 Å². The summed E-state index contributed by atoms with van der Waals surface area (Å²) in [6, 6.07) is 5.12. The minimum atomic E-state index is 0.497. The molecular formula is C18H30N2. The van der Waals surface area contributed by atoms with Crippen molar-refractivity contribution in [3.8, 4) is 0 Å². The predicted molar refractivity (Wildman–Crippen MR) is 87.0 cm³/mol. The quantitative estimate of drug-likeness (QED) is 0.912. The topological polar surface area (TPSA) is 29.3 Å². The van der Waals surface area contributed by atoms with Crippen LogP contribution in [-0.2, 0) is 0 Å². The minimum absolute atomic E-state index is 0.497. The van der Waals surface area contributed by atoms with Crippen molar-refractivity contribution >= 4 is 0 Å². The average Bonchev–Trinajstić information content (AvgIpc) is 2.37. The Labute approximate surface area is 124 Å². The second-order valence-electron chi connectivity index (χ2n) is 6.75. The molecule has 0 radical (unpaired) electrons. The fourth-order valence-electron chi connectivity index (χ4n) is 3.87. The number of likely N-dealkylation sites (tertiary alicyclic amines) is 1. The van der Waals surface area contributed by atoms with Crippen molar-refractivity contribution < 1.29 is 0 Å². The van der Waals surface area contributed by atoms with Crippen molar-refractivity contribution in [3.63, 3.8) is 0 Å². The van der Waals surface area contributed by atoms with E-state index in [1.54, 1.807) is 0 Å². The van der Waals surface area contributed by atoms with Crippen LogP contribution in [-0.4, -0.2) is 24.5 Å². The highest BCUT2D eigenvalue weighted by Crippen LogP contribution is 2.32. The van der Waals surface area contributed by atoms with Gasteiger partial charge in [0, 0.05) is 12.6 Å². The maximum atomic E-state index is 5.95. The summed E-state index contributed by atoms with van der Waals surface area (Å²) in [4.78, 5) is 2.63. The zero-order chi connectivity index (χ0) is 14.9. The highest BCUT2D eigenvalue weighted by atomic mass is 15.2. The first kappa shape index (κ1) is 15.5. The average molecular weight is 274 g/mol. The number of aryl methyl sites for hydroxylation is 3. The molecule has 0 aliphatic carbocycles. The van der Waals surface area contributed by atoms with Crippen molar-refractivity contribution in [3.05, 3.63) is 34.4 Å². The standard InChI is InChI=1S/C18H30N2/c1-12-8-14(3)18(15(4)9-12)16(5)20-7-6-13(2)17(10-19)11-20/h8-9,13,16-17H,6-7,10-11,19H2,1-5H3. The molecule has 2 heteroatoms. The summed E-state index contributed by atoms with van der Waals surface area (Å²) in [5, 5.41) is 0. The lowest BCUT2D eigenvalue weighted by atomic mass is 9.85. The van der Waals surface area contributed by atoms with Crippen molar-refractivity contribution in [1.29, 1.82) is 0 Å². The molecule has 20 heavy (non-hydrogen) atoms. The van der Waals surface area contributed by atoms with E-state index in [0.717, 1.165) is 19.0 Å². The Balaban J connectivity index is 2.21. The molecule has 3 unspecified atom stereocenters. The van der Waals surface area contributed by atoms with Crippen LogP contribution >= 0.6 is 0 Å². The molecule has 0 bridgehead atoms. The summed E-state index contributed by atoms with van der Waals surface area (Å²) in [5.41, 5.74) is 11.7. The van der Waals surface area contributed by atoms with Crippen LogP contribution in [0.5, 0.6) is 0 Å². The molecule has 112 valence electrons. The molecule has 3 atom stereocenters. The van der Waals surface area contributed by atoms with Gasteiger partial charge in [0.2, 0.25) is 0 Å². The van der Waals surface area contributed by atoms with E-state index in [-0.39, 0.29) is 0 Å². The normalized spacial score (nSPS) is 25.7. The monoisotopic (exact) mass is 274 g/mol. The van der Waals surface area contributed by atoms with Crippen molar-refractivity contribution in [2.45, 2.75) is 47.1 Å². The third-order valence-corrected chi connectivity index (χ3v) is 5.15. The van der Waals surface area contributed by atoms with Gasteiger partial charge in [-0.05, 0) is 75.7 Å². The van der Waals surface area contributed by atoms with Gasteiger partial charge in [-0.1, -0.05) is 24.6 Å². The van der Waals surface area contributed by atoms with Crippen LogP contribution in [0.15, 0.2) is 12.1 Å². The summed E-state index contributed by atoms with van der Waals surface area (Å²) < 4.78 is 0. The van der Waals surface area contributed by atoms with Crippen molar-refractivity contribution in [2.24, 2.45) is 17.6 Å². The summed E-state index contributed by atoms with van der Waals surface area (Å²) in [6.07, 6.45) is 1.27. The predicted octanol–water partition coefficient (Wildman–Crippen LogP) is 3.59. The third kappa shape index (κ3) is 3.07. The van der Waals surface area contributed by atoms with E-state index in [4.69, 9.17) is 5.73 Å². The lowest BCUT2D eigenvalue weighted by Crippen LogP contribution is -2.43. The Kier molecular flexibility index (Phi) is 4.87. The van der Waals surface area contributed by atoms with Crippen LogP contribution in [0.4, 0.5) is 0 Å². The molecule has 1 saturated heterocycles. The SMILES string of the molecule is Cc1cc(C)c(C(C)N2CCC(C)C(CN)C2)c(C)c1. The molecule has 1 fully saturated rings. The molecule has 0 aromatic heterocycles. The number of nitrogens with two attached hydrogens (primary N) is 1. The third-order valence-electron chi connectivity index (χ3n) is 5.15. The first-order valence-electron chi connectivity index (χ1n) is 7.96. The molecule has 1 aromatic carbocycles. The summed E-state index contributed by atoms with van der Waals surface area (Å²) >= 11 is 0. The maximum Gasteiger partial charge on any atom is 0.0325 e. The molecule has 2 nitrogen and oxygen atoms in total. The van der Waals surface area contributed by atoms with Crippen molar-refractivity contribution in [1.82, 2.24) is 4.90 Å². The summed E-state index contributed by atoms with van der Waals surface area (Å²) in [7, 11) is 0. The Bertz CT molecular complexity index is 443. The second kappa shape index (κ2) is 6.28. The molecule has 0 amide bonds. The fourth-order valence-corrected chi connectivity index (χ4v) is 3.87. The number of benzene rings is 1. The van der Waals surface area contributed by atoms with E-state index < -0.39 is 0 Å². The Morgan fingerprint density at radius 1 is 1.25 bits per heavy atom. The largest absolute Gasteiger partial charge is 0.330 e. The zero-order valence-electron chi connectivity index (χ0n) is 13.7. The number of hydrogen-bond acceptors (Lipinski definition) is 2. The zero-order valence-corrected chi connectivity index (χ0v) is 13.7. The Morgan fingerprint density at radius 2 is 1.85 bits per heavy atom. The highest BCUT2D eigenvalue weighted by molar-refractivity contribution is 5.39. The van der Waals surface area contributed by atoms with E-state index >= 15 is 0 Å². The van der Waals surface area contributed by atoms with Crippen LogP contribution in [0.1, 0.15) is 48.6 Å². The van der Waals surface area contributed by atoms with Crippen LogP contribution in [0, 0.1) is 32.6 Å². The van der Waals surface area contributed by atoms with Gasteiger partial charge in [-0.2, -0.15) is 0 Å². The highest BCUT2D eigenvalue weighted by Gasteiger charge is 2.29. The van der Waals surface area contributed by atoms with Gasteiger partial charge in [-0.15, -0.1) is 0 Å². The van der Waals surface area contributed by atoms with Crippen LogP contribution in [0.25, 0.3) is 0 Å². The van der Waals surface area contributed by atoms with Gasteiger partial charge < -0.3 is 5.73 Å². The number of piperidine rings is 1. The fraction of sp³-hybridized carbons (Fsp3) is 0.667. The second-order valence-corrected chi connectivity index (χ2v) is 6.75. The van der Waals surface area contributed by atoms with Crippen LogP contribution in [0.3, 0.4) is 0 Å². The van der Waals surface area contributed by atoms with E-state index in [0.29, 0.717) is 12.0 Å². The first-order chi connectivity index (χ1) is 9.43. The first-order valence-corrected chi connectivity index (χ1v) is 7.96. The molecule has 1 aliphatic heterocycles. The van der Waals surface area contributed by atoms with E-state index in [9.17, 15) is 0 Å². The van der Waals surface area contributed by atoms with E-state index in [2.05, 4.69) is 51.7 Å².